The highest BCUT2D eigenvalue weighted by molar-refractivity contribution is 6.32. The van der Waals surface area contributed by atoms with Crippen molar-refractivity contribution in [1.29, 1.82) is 5.26 Å². The van der Waals surface area contributed by atoms with Crippen LogP contribution >= 0.6 is 34.8 Å². The topological polar surface area (TPSA) is 608 Å². The van der Waals surface area contributed by atoms with Crippen molar-refractivity contribution in [3.8, 4) is 63.2 Å². The Kier molecular flexibility index (Phi) is 29.9. The van der Waals surface area contributed by atoms with E-state index < -0.39 is 265 Å². The maximum absolute atomic E-state index is 16.3. The molecule has 11 bridgehead atoms. The van der Waals surface area contributed by atoms with Gasteiger partial charge in [-0.05, 0) is 139 Å². The van der Waals surface area contributed by atoms with Crippen LogP contribution in [0.1, 0.15) is 117 Å². The summed E-state index contributed by atoms with van der Waals surface area (Å²) >= 11 is 20.2. The molecule has 127 heavy (non-hydrogen) atoms. The molecule has 9 amide bonds. The van der Waals surface area contributed by atoms with E-state index in [1.165, 1.54) is 55.1 Å². The van der Waals surface area contributed by atoms with Crippen LogP contribution in [0, 0.1) is 23.1 Å². The highest BCUT2D eigenvalue weighted by Crippen LogP contribution is 2.50. The lowest BCUT2D eigenvalue weighted by molar-refractivity contribution is -0.334. The minimum absolute atomic E-state index is 0.0672. The summed E-state index contributed by atoms with van der Waals surface area (Å²) in [6.07, 6.45) is -18.8. The third-order valence-corrected chi connectivity index (χ3v) is 22.6. The Morgan fingerprint density at radius 1 is 0.740 bits per heavy atom. The van der Waals surface area contributed by atoms with E-state index >= 15 is 24.0 Å². The normalized spacial score (nSPS) is 25.6. The van der Waals surface area contributed by atoms with Crippen molar-refractivity contribution >= 4 is 93.8 Å². The van der Waals surface area contributed by atoms with Crippen LogP contribution < -0.4 is 84.3 Å². The van der Waals surface area contributed by atoms with Gasteiger partial charge in [0, 0.05) is 61.4 Å². The second-order valence-electron chi connectivity index (χ2n) is 31.3. The molecular formula is C83H91Cl3FN15O25. The maximum Gasteiger partial charge on any atom is 0.349 e. The average Bonchev–Trinajstić information content (AvgIpc) is 0.766. The van der Waals surface area contributed by atoms with Crippen LogP contribution in [-0.4, -0.2) is 214 Å². The molecule has 40 nitrogen and oxygen atoms in total. The third-order valence-electron chi connectivity index (χ3n) is 21.7. The number of likely N-dealkylation sites (N-methyl/N-ethyl adjacent to an activating group) is 1. The van der Waals surface area contributed by atoms with Crippen molar-refractivity contribution < 1.29 is 122 Å². The number of hydrogen-bond donors (Lipinski definition) is 21. The van der Waals surface area contributed by atoms with Crippen LogP contribution in [-0.2, 0) is 70.3 Å². The van der Waals surface area contributed by atoms with Gasteiger partial charge in [0.15, 0.2) is 23.9 Å². The number of hydrogen-bond acceptors (Lipinski definition) is 30. The second-order valence-corrected chi connectivity index (χ2v) is 32.5. The number of fused-ring (bicyclic) bond motifs is 15. The number of amides is 9. The first-order valence-corrected chi connectivity index (χ1v) is 40.9. The fourth-order valence-corrected chi connectivity index (χ4v) is 15.7. The summed E-state index contributed by atoms with van der Waals surface area (Å²) in [7, 11) is 1.46. The van der Waals surface area contributed by atoms with E-state index in [1.807, 2.05) is 6.07 Å². The Bertz CT molecular complexity index is 5500. The number of hydrazine groups is 1. The molecule has 0 spiro atoms. The zero-order chi connectivity index (χ0) is 91.9. The number of aliphatic hydroxyl groups excluding tert-OH is 6. The Morgan fingerprint density at radius 2 is 1.40 bits per heavy atom. The van der Waals surface area contributed by atoms with Crippen LogP contribution in [0.3, 0.4) is 0 Å². The predicted molar refractivity (Wildman–Crippen MR) is 444 cm³/mol. The Labute approximate surface area is 736 Å². The number of carbonyl (C=O) groups is 9. The molecule has 14 rings (SSSR count). The van der Waals surface area contributed by atoms with Gasteiger partial charge in [0.05, 0.1) is 58.8 Å². The number of ether oxygens (including phenoxy) is 6. The number of anilines is 1. The molecule has 6 aromatic carbocycles. The van der Waals surface area contributed by atoms with Crippen LogP contribution in [0.5, 0.6) is 46.0 Å². The van der Waals surface area contributed by atoms with Gasteiger partial charge in [-0.15, -0.1) is 0 Å². The molecule has 18 atom stereocenters. The molecule has 2 fully saturated rings. The molecule has 18 unspecified atom stereocenters. The smallest absolute Gasteiger partial charge is 0.349 e. The molecule has 44 heteroatoms. The van der Waals surface area contributed by atoms with E-state index in [2.05, 4.69) is 63.7 Å². The summed E-state index contributed by atoms with van der Waals surface area (Å²) in [4.78, 5) is 150. The zero-order valence-corrected chi connectivity index (χ0v) is 70.4. The maximum atomic E-state index is 16.3. The van der Waals surface area contributed by atoms with Crippen molar-refractivity contribution in [3.05, 3.63) is 174 Å². The summed E-state index contributed by atoms with van der Waals surface area (Å²) in [6, 6.07) is 6.35. The number of phenolic OH excluding ortho intramolecular Hbond substituents is 3. The summed E-state index contributed by atoms with van der Waals surface area (Å²) < 4.78 is 54.7. The average molecular weight is 1820 g/mol. The lowest BCUT2D eigenvalue weighted by atomic mass is 9.85. The molecule has 0 aliphatic carbocycles. The first-order chi connectivity index (χ1) is 60.3. The molecule has 0 radical (unpaired) electrons. The van der Waals surface area contributed by atoms with Crippen molar-refractivity contribution in [2.45, 2.75) is 176 Å². The van der Waals surface area contributed by atoms with Gasteiger partial charge in [-0.3, -0.25) is 53.1 Å². The van der Waals surface area contributed by atoms with Crippen LogP contribution in [0.4, 0.5) is 10.2 Å². The lowest BCUT2D eigenvalue weighted by Gasteiger charge is -2.48. The first kappa shape index (κ1) is 94.2. The van der Waals surface area contributed by atoms with E-state index in [0.717, 1.165) is 72.8 Å². The van der Waals surface area contributed by atoms with Gasteiger partial charge in [-0.2, -0.15) is 10.2 Å². The molecule has 22 N–H and O–H groups in total. The number of nitrogens with one attached hydrogen (secondary N) is 11. The third kappa shape index (κ3) is 21.7. The first-order valence-electron chi connectivity index (χ1n) is 39.7. The van der Waals surface area contributed by atoms with Crippen molar-refractivity contribution in [2.24, 2.45) is 11.7 Å². The van der Waals surface area contributed by atoms with Gasteiger partial charge in [-0.25, -0.2) is 14.6 Å². The number of aromatic hydroxyl groups is 3. The minimum atomic E-state index is -2.41. The molecule has 676 valence electrons. The van der Waals surface area contributed by atoms with Crippen LogP contribution in [0.2, 0.25) is 15.1 Å². The molecule has 8 heterocycles. The van der Waals surface area contributed by atoms with Crippen LogP contribution in [0.25, 0.3) is 11.1 Å². The summed E-state index contributed by atoms with van der Waals surface area (Å²) in [5, 5.41) is 138. The van der Waals surface area contributed by atoms with Gasteiger partial charge in [0.25, 0.3) is 5.91 Å². The van der Waals surface area contributed by atoms with E-state index in [4.69, 9.17) is 69.0 Å². The standard InChI is InChI=1S/C83H91Cl3FN15O25/c1-34(2)21-48(90-5)74(114)99-65-67(109)38-9-13-52(45(85)25-38)123-54-27-40-28-55(71(54)127-81-72(70(112)69(111)56(33-103)125-81)126-60-32-83(4,73(113)35(3)122-60)91-18-20-102-19-15-58(95-82(102)121)94-59(108)23-36-7-11-44(84)47(87)22-36)124-53-14-10-39(26-46(53)86)68(110)66-79(119)98-64(80(120)101-92-17-6-16-88)43-29-41(104)30-51(106)61(43)42-24-37(8-12-50(42)105)62(76(116)100-66)97-77(117)63(40)96-75(115)49(31-57(89)107)93-78(65)118/h7-15,19,22,24-30,34-35,48-49,56,60,62-70,72-73,81,90-92,103-106,109-113H,6,17-18,20-21,23,31-33H2,1-5H3,(H2,89,107)(H,93,118)(H,96,115)(H,97,117)(H,98,119)(H,99,114)(H,100,116)(H,101,120)(H,94,95,108,121). The molecule has 7 aliphatic heterocycles. The number of nitrogens with zero attached hydrogens (tertiary/aromatic N) is 3. The van der Waals surface area contributed by atoms with E-state index in [0.29, 0.717) is 5.56 Å². The second kappa shape index (κ2) is 40.3. The van der Waals surface area contributed by atoms with Gasteiger partial charge >= 0.3 is 5.69 Å². The highest BCUT2D eigenvalue weighted by Gasteiger charge is 2.52. The fourth-order valence-electron chi connectivity index (χ4n) is 15.1. The number of halogens is 4. The Hall–Kier alpha value is -12.0. The van der Waals surface area contributed by atoms with Crippen molar-refractivity contribution in [3.63, 3.8) is 0 Å². The molecule has 7 aliphatic rings. The molecular weight excluding hydrogens is 1730 g/mol. The largest absolute Gasteiger partial charge is 0.508 e. The number of aliphatic hydroxyl groups is 6. The Morgan fingerprint density at radius 3 is 2.04 bits per heavy atom. The zero-order valence-electron chi connectivity index (χ0n) is 68.1. The van der Waals surface area contributed by atoms with Crippen molar-refractivity contribution in [1.82, 2.24) is 62.9 Å². The number of nitriles is 1. The van der Waals surface area contributed by atoms with E-state index in [9.17, 15) is 79.6 Å². The predicted octanol–water partition coefficient (Wildman–Crippen LogP) is 1.42. The molecule has 7 aromatic rings. The summed E-state index contributed by atoms with van der Waals surface area (Å²) in [5.74, 6) is -17.2. The molecule has 0 saturated carbocycles. The van der Waals surface area contributed by atoms with Gasteiger partial charge in [0.2, 0.25) is 59.3 Å². The molecule has 2 saturated heterocycles. The lowest BCUT2D eigenvalue weighted by Crippen LogP contribution is -2.65. The number of primary amides is 1. The minimum Gasteiger partial charge on any atom is -0.508 e. The SMILES string of the molecule is CNC(CC(C)C)C(=O)NC1C(=O)NC(CC(N)=O)C(=O)NC2C(=O)NC3C(=O)NC(C(=O)NC(C(=O)NNCCC#N)c4cc(O)cc(O)c4-c4cc3ccc4O)C(O)c3ccc(c(Cl)c3)Oc3cc2cc(c3OC2OC(CO)C(O)C(O)C2OC2CC(C)(NCCn3ccc(NC(=O)Cc4ccc(Cl)c(F)c4)nc3=O)C(O)C(C)O2)Oc2ccc(cc2Cl)C1O. The molecule has 1 aromatic heterocycles. The number of carbonyl (C=O) groups excluding carboxylic acids is 9. The van der Waals surface area contributed by atoms with Crippen LogP contribution in [0.15, 0.2) is 114 Å². The fraction of sp³-hybridized carbons (Fsp3) is 0.398. The highest BCUT2D eigenvalue weighted by atomic mass is 35.5. The van der Waals surface area contributed by atoms with Crippen molar-refractivity contribution in [2.75, 3.05) is 32.1 Å². The summed E-state index contributed by atoms with van der Waals surface area (Å²) in [5.41, 5.74) is 5.92. The van der Waals surface area contributed by atoms with Gasteiger partial charge < -0.3 is 128 Å². The number of rotatable bonds is 23. The van der Waals surface area contributed by atoms with E-state index in [-0.39, 0.29) is 78.8 Å². The summed E-state index contributed by atoms with van der Waals surface area (Å²) in [6.45, 7) is 5.30. The number of aromatic nitrogens is 2. The number of nitrogens with two attached hydrogens (primary N) is 1. The monoisotopic (exact) mass is 1820 g/mol. The number of benzene rings is 6. The van der Waals surface area contributed by atoms with E-state index in [1.54, 1.807) is 20.8 Å². The number of phenols is 3. The Balaban J connectivity index is 0.998. The van der Waals surface area contributed by atoms with Gasteiger partial charge in [-0.1, -0.05) is 72.9 Å². The van der Waals surface area contributed by atoms with Gasteiger partial charge in [0.1, 0.15) is 107 Å². The quantitative estimate of drug-likeness (QED) is 0.0318.